The number of methoxy groups -OCH3 is 3. The van der Waals surface area contributed by atoms with Gasteiger partial charge in [-0.25, -0.2) is 0 Å². The zero-order valence-electron chi connectivity index (χ0n) is 13.4. The second-order valence-corrected chi connectivity index (χ2v) is 5.40. The number of benzene rings is 2. The van der Waals surface area contributed by atoms with Crippen molar-refractivity contribution < 1.29 is 19.3 Å². The van der Waals surface area contributed by atoms with E-state index in [0.717, 1.165) is 28.2 Å². The zero-order chi connectivity index (χ0) is 16.4. The lowest BCUT2D eigenvalue weighted by atomic mass is 9.82. The molecule has 4 nitrogen and oxygen atoms in total. The molecule has 0 saturated heterocycles. The maximum absolute atomic E-state index is 10.9. The summed E-state index contributed by atoms with van der Waals surface area (Å²) in [6.45, 7) is 0. The lowest BCUT2D eigenvalue weighted by Gasteiger charge is -2.28. The van der Waals surface area contributed by atoms with Gasteiger partial charge in [-0.05, 0) is 29.8 Å². The number of hydrogen-bond acceptors (Lipinski definition) is 4. The molecule has 1 N–H and O–H groups in total. The van der Waals surface area contributed by atoms with Gasteiger partial charge in [0.25, 0.3) is 0 Å². The molecule has 0 amide bonds. The Labute approximate surface area is 135 Å². The first-order valence-electron chi connectivity index (χ1n) is 7.44. The summed E-state index contributed by atoms with van der Waals surface area (Å²) in [5.74, 6) is 1.98. The van der Waals surface area contributed by atoms with Gasteiger partial charge in [0, 0.05) is 17.0 Å². The average Bonchev–Trinajstić information content (AvgIpc) is 2.61. The highest BCUT2D eigenvalue weighted by Gasteiger charge is 2.30. The van der Waals surface area contributed by atoms with Crippen molar-refractivity contribution in [2.24, 2.45) is 0 Å². The summed E-state index contributed by atoms with van der Waals surface area (Å²) in [5, 5.41) is 10.9. The van der Waals surface area contributed by atoms with Gasteiger partial charge in [0.2, 0.25) is 0 Å². The normalized spacial score (nSPS) is 19.1. The molecule has 0 aromatic heterocycles. The monoisotopic (exact) mass is 312 g/mol. The molecule has 0 saturated carbocycles. The van der Waals surface area contributed by atoms with Crippen LogP contribution in [0, 0.1) is 0 Å². The van der Waals surface area contributed by atoms with Gasteiger partial charge in [-0.1, -0.05) is 24.3 Å². The lowest BCUT2D eigenvalue weighted by molar-refractivity contribution is 0.155. The number of aliphatic hydroxyl groups is 1. The molecule has 1 aliphatic carbocycles. The summed E-state index contributed by atoms with van der Waals surface area (Å²) < 4.78 is 16.1. The molecular formula is C19H20O4. The van der Waals surface area contributed by atoms with E-state index in [1.807, 2.05) is 48.6 Å². The molecule has 120 valence electrons. The summed E-state index contributed by atoms with van der Waals surface area (Å²) in [6.07, 6.45) is 3.25. The van der Waals surface area contributed by atoms with Crippen molar-refractivity contribution in [2.75, 3.05) is 21.3 Å². The van der Waals surface area contributed by atoms with Gasteiger partial charge in [-0.2, -0.15) is 0 Å². The highest BCUT2D eigenvalue weighted by atomic mass is 16.5. The van der Waals surface area contributed by atoms with Crippen LogP contribution in [0.3, 0.4) is 0 Å². The lowest BCUT2D eigenvalue weighted by Crippen LogP contribution is -2.15. The van der Waals surface area contributed by atoms with Crippen LogP contribution < -0.4 is 14.2 Å². The van der Waals surface area contributed by atoms with Crippen molar-refractivity contribution in [1.82, 2.24) is 0 Å². The summed E-state index contributed by atoms with van der Waals surface area (Å²) in [7, 11) is 4.86. The first-order valence-corrected chi connectivity index (χ1v) is 7.44. The van der Waals surface area contributed by atoms with E-state index in [1.54, 1.807) is 21.3 Å². The fraction of sp³-hybridized carbons (Fsp3) is 0.263. The van der Waals surface area contributed by atoms with Crippen LogP contribution in [-0.2, 0) is 0 Å². The van der Waals surface area contributed by atoms with Crippen LogP contribution in [0.5, 0.6) is 17.2 Å². The van der Waals surface area contributed by atoms with Crippen LogP contribution in [0.4, 0.5) is 0 Å². The summed E-state index contributed by atoms with van der Waals surface area (Å²) in [5.41, 5.74) is 2.60. The first kappa shape index (κ1) is 15.4. The summed E-state index contributed by atoms with van der Waals surface area (Å²) >= 11 is 0. The maximum atomic E-state index is 10.9. The van der Waals surface area contributed by atoms with E-state index in [2.05, 4.69) is 0 Å². The van der Waals surface area contributed by atoms with Crippen molar-refractivity contribution in [3.63, 3.8) is 0 Å². The third kappa shape index (κ3) is 2.66. The van der Waals surface area contributed by atoms with E-state index in [9.17, 15) is 5.11 Å². The molecule has 0 bridgehead atoms. The first-order chi connectivity index (χ1) is 11.2. The average molecular weight is 312 g/mol. The van der Waals surface area contributed by atoms with Gasteiger partial charge in [0.1, 0.15) is 17.2 Å². The van der Waals surface area contributed by atoms with E-state index in [1.165, 1.54) is 0 Å². The second kappa shape index (κ2) is 6.34. The van der Waals surface area contributed by atoms with E-state index in [0.29, 0.717) is 5.75 Å². The molecule has 1 aliphatic rings. The molecule has 2 atom stereocenters. The molecule has 4 heteroatoms. The number of rotatable bonds is 4. The van der Waals surface area contributed by atoms with Crippen molar-refractivity contribution >= 4 is 6.08 Å². The van der Waals surface area contributed by atoms with Gasteiger partial charge in [0.05, 0.1) is 27.4 Å². The van der Waals surface area contributed by atoms with Crippen molar-refractivity contribution in [1.29, 1.82) is 0 Å². The molecule has 3 rings (SSSR count). The minimum atomic E-state index is -0.716. The van der Waals surface area contributed by atoms with E-state index < -0.39 is 6.10 Å². The Morgan fingerprint density at radius 3 is 2.35 bits per heavy atom. The molecule has 0 aliphatic heterocycles. The molecule has 0 unspecified atom stereocenters. The highest BCUT2D eigenvalue weighted by molar-refractivity contribution is 5.69. The number of hydrogen-bond donors (Lipinski definition) is 1. The molecule has 23 heavy (non-hydrogen) atoms. The molecule has 0 spiro atoms. The Hall–Kier alpha value is -2.46. The Bertz CT molecular complexity index is 736. The largest absolute Gasteiger partial charge is 0.497 e. The minimum Gasteiger partial charge on any atom is -0.497 e. The minimum absolute atomic E-state index is 0.168. The molecule has 2 aromatic rings. The fourth-order valence-electron chi connectivity index (χ4n) is 3.06. The quantitative estimate of drug-likeness (QED) is 0.938. The smallest absolute Gasteiger partial charge is 0.126 e. The molecule has 0 radical (unpaired) electrons. The predicted molar refractivity (Wildman–Crippen MR) is 89.3 cm³/mol. The summed E-state index contributed by atoms with van der Waals surface area (Å²) in [6, 6.07) is 11.4. The Balaban J connectivity index is 2.08. The van der Waals surface area contributed by atoms with E-state index in [-0.39, 0.29) is 5.92 Å². The SMILES string of the molecule is COc1cccc([C@@H]2C=Cc3c(OC)ccc(OC)c3[C@@H]2O)c1. The van der Waals surface area contributed by atoms with Crippen LogP contribution in [0.1, 0.15) is 28.7 Å². The third-order valence-electron chi connectivity index (χ3n) is 4.23. The topological polar surface area (TPSA) is 47.9 Å². The number of fused-ring (bicyclic) bond motifs is 1. The van der Waals surface area contributed by atoms with E-state index >= 15 is 0 Å². The van der Waals surface area contributed by atoms with Crippen LogP contribution in [0.2, 0.25) is 0 Å². The van der Waals surface area contributed by atoms with Crippen LogP contribution in [0.25, 0.3) is 6.08 Å². The maximum Gasteiger partial charge on any atom is 0.126 e. The zero-order valence-corrected chi connectivity index (χ0v) is 13.4. The van der Waals surface area contributed by atoms with Crippen LogP contribution in [-0.4, -0.2) is 26.4 Å². The molecule has 2 aromatic carbocycles. The Kier molecular flexibility index (Phi) is 4.26. The van der Waals surface area contributed by atoms with Crippen molar-refractivity contribution in [2.45, 2.75) is 12.0 Å². The van der Waals surface area contributed by atoms with Gasteiger partial charge in [-0.3, -0.25) is 0 Å². The van der Waals surface area contributed by atoms with Gasteiger partial charge >= 0.3 is 0 Å². The van der Waals surface area contributed by atoms with Crippen molar-refractivity contribution in [3.8, 4) is 17.2 Å². The summed E-state index contributed by atoms with van der Waals surface area (Å²) in [4.78, 5) is 0. The Morgan fingerprint density at radius 2 is 1.65 bits per heavy atom. The Morgan fingerprint density at radius 1 is 0.913 bits per heavy atom. The predicted octanol–water partition coefficient (Wildman–Crippen LogP) is 3.56. The fourth-order valence-corrected chi connectivity index (χ4v) is 3.06. The van der Waals surface area contributed by atoms with Gasteiger partial charge in [0.15, 0.2) is 0 Å². The second-order valence-electron chi connectivity index (χ2n) is 5.40. The van der Waals surface area contributed by atoms with Crippen LogP contribution >= 0.6 is 0 Å². The molecule has 0 heterocycles. The highest BCUT2D eigenvalue weighted by Crippen LogP contribution is 2.46. The van der Waals surface area contributed by atoms with Crippen molar-refractivity contribution in [3.05, 3.63) is 59.2 Å². The van der Waals surface area contributed by atoms with E-state index in [4.69, 9.17) is 14.2 Å². The number of ether oxygens (including phenoxy) is 3. The molecule has 0 fully saturated rings. The number of aliphatic hydroxyl groups excluding tert-OH is 1. The van der Waals surface area contributed by atoms with Gasteiger partial charge < -0.3 is 19.3 Å². The molecular weight excluding hydrogens is 292 g/mol. The third-order valence-corrected chi connectivity index (χ3v) is 4.23. The van der Waals surface area contributed by atoms with Crippen LogP contribution in [0.15, 0.2) is 42.5 Å². The van der Waals surface area contributed by atoms with Gasteiger partial charge in [-0.15, -0.1) is 0 Å². The standard InChI is InChI=1S/C19H20O4/c1-21-13-6-4-5-12(11-13)14-7-8-15-16(22-2)9-10-17(23-3)18(15)19(14)20/h4-11,14,19-20H,1-3H3/t14-,19+/m0/s1.